The molecule has 0 amide bonds. The summed E-state index contributed by atoms with van der Waals surface area (Å²) >= 11 is 0. The van der Waals surface area contributed by atoms with Crippen LogP contribution >= 0.6 is 0 Å². The minimum absolute atomic E-state index is 0.134. The van der Waals surface area contributed by atoms with Crippen molar-refractivity contribution in [2.45, 2.75) is 32.7 Å². The van der Waals surface area contributed by atoms with Gasteiger partial charge in [-0.15, -0.1) is 0 Å². The third kappa shape index (κ3) is 5.04. The van der Waals surface area contributed by atoms with Gasteiger partial charge in [0.2, 0.25) is 0 Å². The highest BCUT2D eigenvalue weighted by atomic mass is 19.1. The number of nitrogens with one attached hydrogen (secondary N) is 1. The number of hydrogen-bond acceptors (Lipinski definition) is 3. The quantitative estimate of drug-likeness (QED) is 0.204. The third-order valence-electron chi connectivity index (χ3n) is 5.72. The number of halogens is 1. The Labute approximate surface area is 200 Å². The summed E-state index contributed by atoms with van der Waals surface area (Å²) in [6, 6.07) is 26.5. The summed E-state index contributed by atoms with van der Waals surface area (Å²) in [6.07, 6.45) is 1.30. The number of anilines is 1. The largest absolute Gasteiger partial charge is 0.471 e. The maximum absolute atomic E-state index is 13.8. The molecule has 0 atom stereocenters. The van der Waals surface area contributed by atoms with Crippen LogP contribution in [0.25, 0.3) is 22.4 Å². The first-order valence-electron chi connectivity index (χ1n) is 11.5. The fourth-order valence-corrected chi connectivity index (χ4v) is 4.28. The van der Waals surface area contributed by atoms with Gasteiger partial charge in [0, 0.05) is 18.7 Å². The highest BCUT2D eigenvalue weighted by molar-refractivity contribution is 5.88. The minimum atomic E-state index is -0.288. The van der Waals surface area contributed by atoms with Gasteiger partial charge in [-0.05, 0) is 53.4 Å². The summed E-state index contributed by atoms with van der Waals surface area (Å²) in [6.45, 7) is 5.03. The molecule has 0 saturated heterocycles. The maximum atomic E-state index is 13.8. The molecule has 0 bridgehead atoms. The number of nitrogens with zero attached hydrogens (tertiary/aromatic N) is 1. The van der Waals surface area contributed by atoms with E-state index in [1.807, 2.05) is 60.7 Å². The second-order valence-electron chi connectivity index (χ2n) is 8.40. The van der Waals surface area contributed by atoms with Gasteiger partial charge in [-0.1, -0.05) is 62.4 Å². The summed E-state index contributed by atoms with van der Waals surface area (Å²) in [7, 11) is 0. The van der Waals surface area contributed by atoms with Crippen molar-refractivity contribution in [1.82, 2.24) is 4.57 Å². The first-order valence-corrected chi connectivity index (χ1v) is 11.5. The Morgan fingerprint density at radius 3 is 2.18 bits per heavy atom. The molecule has 174 valence electrons. The molecule has 5 heteroatoms. The van der Waals surface area contributed by atoms with Gasteiger partial charge in [-0.2, -0.15) is 0 Å². The lowest BCUT2D eigenvalue weighted by atomic mass is 9.99. The number of rotatable bonds is 10. The fraction of sp³-hybridized carbons (Fsp3) is 0.207. The molecule has 0 fully saturated rings. The van der Waals surface area contributed by atoms with E-state index in [1.54, 1.807) is 12.1 Å². The first-order chi connectivity index (χ1) is 16.6. The van der Waals surface area contributed by atoms with Crippen LogP contribution in [-0.2, 0) is 11.3 Å². The number of benzene rings is 3. The Balaban J connectivity index is 1.89. The number of carbonyl (C=O) groups is 1. The predicted octanol–water partition coefficient (Wildman–Crippen LogP) is 7.12. The topological polar surface area (TPSA) is 43.3 Å². The van der Waals surface area contributed by atoms with E-state index in [4.69, 9.17) is 4.74 Å². The van der Waals surface area contributed by atoms with Gasteiger partial charge in [0.15, 0.2) is 12.5 Å². The van der Waals surface area contributed by atoms with Crippen LogP contribution in [0.5, 0.6) is 5.75 Å². The van der Waals surface area contributed by atoms with Crippen molar-refractivity contribution in [3.8, 4) is 28.1 Å². The van der Waals surface area contributed by atoms with Gasteiger partial charge in [-0.3, -0.25) is 0 Å². The van der Waals surface area contributed by atoms with Crippen LogP contribution in [0.4, 0.5) is 10.1 Å². The molecule has 0 radical (unpaired) electrons. The van der Waals surface area contributed by atoms with Crippen LogP contribution in [0.2, 0.25) is 0 Å². The minimum Gasteiger partial charge on any atom is -0.471 e. The molecule has 0 aliphatic heterocycles. The zero-order valence-electron chi connectivity index (χ0n) is 19.5. The fourth-order valence-electron chi connectivity index (χ4n) is 4.28. The van der Waals surface area contributed by atoms with Crippen LogP contribution in [0, 0.1) is 5.82 Å². The molecule has 4 aromatic rings. The van der Waals surface area contributed by atoms with Gasteiger partial charge < -0.3 is 19.4 Å². The maximum Gasteiger partial charge on any atom is 0.159 e. The number of carbonyl (C=O) groups excluding carboxylic acids is 1. The summed E-state index contributed by atoms with van der Waals surface area (Å²) in [5, 5.41) is 3.32. The summed E-state index contributed by atoms with van der Waals surface area (Å²) in [5.74, 6) is 0.619. The normalized spacial score (nSPS) is 10.9. The average Bonchev–Trinajstić information content (AvgIpc) is 3.18. The van der Waals surface area contributed by atoms with E-state index >= 15 is 0 Å². The van der Waals surface area contributed by atoms with E-state index in [9.17, 15) is 9.18 Å². The Hall–Kier alpha value is -3.86. The number of hydrogen-bond donors (Lipinski definition) is 1. The lowest BCUT2D eigenvalue weighted by Gasteiger charge is -2.16. The standard InChI is InChI=1S/C29H29FN2O2/c1-21(2)27-29(34-20-31-25-12-7-4-8-13-25)26(22-10-5-3-6-11-22)28(32(27)18-9-19-33)23-14-16-24(30)17-15-23/h3-8,10-17,19,21,31H,9,18,20H2,1-2H3. The van der Waals surface area contributed by atoms with E-state index in [2.05, 4.69) is 23.7 Å². The van der Waals surface area contributed by atoms with E-state index in [0.29, 0.717) is 13.0 Å². The van der Waals surface area contributed by atoms with Gasteiger partial charge in [0.1, 0.15) is 12.1 Å². The van der Waals surface area contributed by atoms with Gasteiger partial charge in [0.05, 0.1) is 17.0 Å². The van der Waals surface area contributed by atoms with Crippen molar-refractivity contribution >= 4 is 12.0 Å². The van der Waals surface area contributed by atoms with E-state index in [0.717, 1.165) is 45.8 Å². The highest BCUT2D eigenvalue weighted by Crippen LogP contribution is 2.47. The lowest BCUT2D eigenvalue weighted by molar-refractivity contribution is -0.108. The summed E-state index contributed by atoms with van der Waals surface area (Å²) in [4.78, 5) is 11.3. The zero-order valence-corrected chi connectivity index (χ0v) is 19.5. The monoisotopic (exact) mass is 456 g/mol. The number of ether oxygens (including phenoxy) is 1. The van der Waals surface area contributed by atoms with Crippen molar-refractivity contribution in [1.29, 1.82) is 0 Å². The molecule has 3 aromatic carbocycles. The van der Waals surface area contributed by atoms with Crippen LogP contribution in [-0.4, -0.2) is 17.6 Å². The molecule has 1 heterocycles. The molecule has 4 rings (SSSR count). The molecule has 4 nitrogen and oxygen atoms in total. The smallest absolute Gasteiger partial charge is 0.159 e. The zero-order chi connectivity index (χ0) is 23.9. The molecule has 1 N–H and O–H groups in total. The third-order valence-corrected chi connectivity index (χ3v) is 5.72. The molecule has 0 aliphatic carbocycles. The van der Waals surface area contributed by atoms with Crippen molar-refractivity contribution in [3.05, 3.63) is 96.4 Å². The molecular weight excluding hydrogens is 427 g/mol. The summed E-state index contributed by atoms with van der Waals surface area (Å²) < 4.78 is 22.4. The second kappa shape index (κ2) is 10.8. The molecule has 0 spiro atoms. The van der Waals surface area contributed by atoms with E-state index in [1.165, 1.54) is 12.1 Å². The van der Waals surface area contributed by atoms with Gasteiger partial charge >= 0.3 is 0 Å². The molecular formula is C29H29FN2O2. The SMILES string of the molecule is CC(C)c1c(OCNc2ccccc2)c(-c2ccccc2)c(-c2ccc(F)cc2)n1CCC=O. The molecule has 34 heavy (non-hydrogen) atoms. The Morgan fingerprint density at radius 2 is 1.56 bits per heavy atom. The highest BCUT2D eigenvalue weighted by Gasteiger charge is 2.27. The Morgan fingerprint density at radius 1 is 0.912 bits per heavy atom. The average molecular weight is 457 g/mol. The first kappa shape index (κ1) is 23.3. The number of para-hydroxylation sites is 1. The Kier molecular flexibility index (Phi) is 7.43. The second-order valence-corrected chi connectivity index (χ2v) is 8.40. The van der Waals surface area contributed by atoms with E-state index < -0.39 is 0 Å². The molecule has 1 aromatic heterocycles. The van der Waals surface area contributed by atoms with Crippen LogP contribution < -0.4 is 10.1 Å². The van der Waals surface area contributed by atoms with E-state index in [-0.39, 0.29) is 18.5 Å². The Bertz CT molecular complexity index is 1220. The molecule has 0 aliphatic rings. The van der Waals surface area contributed by atoms with Crippen LogP contribution in [0.15, 0.2) is 84.9 Å². The summed E-state index contributed by atoms with van der Waals surface area (Å²) in [5.41, 5.74) is 5.72. The number of aromatic nitrogens is 1. The molecule has 0 saturated carbocycles. The predicted molar refractivity (Wildman–Crippen MR) is 136 cm³/mol. The lowest BCUT2D eigenvalue weighted by Crippen LogP contribution is -2.12. The van der Waals surface area contributed by atoms with Crippen LogP contribution in [0.3, 0.4) is 0 Å². The van der Waals surface area contributed by atoms with Crippen molar-refractivity contribution in [3.63, 3.8) is 0 Å². The number of aldehydes is 1. The van der Waals surface area contributed by atoms with Gasteiger partial charge in [-0.25, -0.2) is 4.39 Å². The van der Waals surface area contributed by atoms with Crippen molar-refractivity contribution in [2.75, 3.05) is 12.0 Å². The van der Waals surface area contributed by atoms with Gasteiger partial charge in [0.25, 0.3) is 0 Å². The van der Waals surface area contributed by atoms with Crippen LogP contribution in [0.1, 0.15) is 31.9 Å². The van der Waals surface area contributed by atoms with Crippen molar-refractivity contribution < 1.29 is 13.9 Å². The molecule has 0 unspecified atom stereocenters. The van der Waals surface area contributed by atoms with Crippen molar-refractivity contribution in [2.24, 2.45) is 0 Å².